The average molecular weight is 127 g/mol. The number of hydrogen-bond acceptors (Lipinski definition) is 2. The molecule has 2 N–H and O–H groups in total. The van der Waals surface area contributed by atoms with Crippen LogP contribution >= 0.6 is 12.2 Å². The Balaban J connectivity index is 2.93. The Labute approximate surface area is 52.1 Å². The van der Waals surface area contributed by atoms with Crippen LogP contribution in [0.5, 0.6) is 0 Å². The van der Waals surface area contributed by atoms with Crippen molar-refractivity contribution in [1.29, 1.82) is 0 Å². The summed E-state index contributed by atoms with van der Waals surface area (Å²) in [7, 11) is 0. The summed E-state index contributed by atoms with van der Waals surface area (Å²) in [5.41, 5.74) is 5.21. The Hall–Kier alpha value is -0.900. The van der Waals surface area contributed by atoms with Crippen molar-refractivity contribution in [2.75, 3.05) is 0 Å². The summed E-state index contributed by atoms with van der Waals surface area (Å²) in [6, 6.07) is 0. The second-order valence-electron chi connectivity index (χ2n) is 1.31. The summed E-state index contributed by atoms with van der Waals surface area (Å²) in [5.74, 6) is 0. The van der Waals surface area contributed by atoms with Crippen LogP contribution in [-0.4, -0.2) is 14.7 Å². The first-order valence-corrected chi connectivity index (χ1v) is 2.49. The largest absolute Gasteiger partial charge is 0.376 e. The van der Waals surface area contributed by atoms with Gasteiger partial charge in [0.15, 0.2) is 5.11 Å². The van der Waals surface area contributed by atoms with E-state index in [1.165, 1.54) is 0 Å². The lowest BCUT2D eigenvalue weighted by molar-refractivity contribution is 1.14. The molecular formula is C4H5N3S. The minimum atomic E-state index is 0.322. The van der Waals surface area contributed by atoms with Gasteiger partial charge in [-0.2, -0.15) is 0 Å². The van der Waals surface area contributed by atoms with Crippen molar-refractivity contribution in [3.05, 3.63) is 18.7 Å². The third-order valence-corrected chi connectivity index (χ3v) is 0.970. The fraction of sp³-hybridized carbons (Fsp3) is 0. The number of thiocarbonyl (C=S) groups is 1. The highest BCUT2D eigenvalue weighted by atomic mass is 32.1. The molecule has 0 saturated carbocycles. The van der Waals surface area contributed by atoms with Gasteiger partial charge in [0.1, 0.15) is 6.33 Å². The van der Waals surface area contributed by atoms with Crippen LogP contribution in [0.2, 0.25) is 0 Å². The summed E-state index contributed by atoms with van der Waals surface area (Å²) in [6.45, 7) is 0. The Kier molecular flexibility index (Phi) is 1.26. The van der Waals surface area contributed by atoms with Crippen LogP contribution in [0.3, 0.4) is 0 Å². The molecule has 0 atom stereocenters. The zero-order chi connectivity index (χ0) is 5.98. The first kappa shape index (κ1) is 5.24. The van der Waals surface area contributed by atoms with Gasteiger partial charge >= 0.3 is 0 Å². The topological polar surface area (TPSA) is 43.8 Å². The first-order valence-electron chi connectivity index (χ1n) is 2.08. The molecule has 0 aliphatic carbocycles. The molecule has 0 bridgehead atoms. The maximum absolute atomic E-state index is 5.21. The molecule has 0 aliphatic heterocycles. The summed E-state index contributed by atoms with van der Waals surface area (Å²) >= 11 is 4.62. The number of nitrogens with zero attached hydrogens (tertiary/aromatic N) is 2. The molecule has 8 heavy (non-hydrogen) atoms. The number of nitrogens with two attached hydrogens (primary N) is 1. The van der Waals surface area contributed by atoms with Crippen molar-refractivity contribution in [3.8, 4) is 0 Å². The highest BCUT2D eigenvalue weighted by Gasteiger charge is 1.86. The van der Waals surface area contributed by atoms with E-state index >= 15 is 0 Å². The zero-order valence-corrected chi connectivity index (χ0v) is 4.93. The molecule has 0 amide bonds. The van der Waals surface area contributed by atoms with Gasteiger partial charge < -0.3 is 5.73 Å². The Morgan fingerprint density at radius 1 is 1.75 bits per heavy atom. The monoisotopic (exact) mass is 127 g/mol. The van der Waals surface area contributed by atoms with E-state index in [1.807, 2.05) is 0 Å². The maximum atomic E-state index is 5.21. The van der Waals surface area contributed by atoms with Crippen molar-refractivity contribution in [2.24, 2.45) is 5.73 Å². The molecule has 0 radical (unpaired) electrons. The molecule has 3 nitrogen and oxygen atoms in total. The second-order valence-corrected chi connectivity index (χ2v) is 1.73. The second kappa shape index (κ2) is 1.92. The van der Waals surface area contributed by atoms with E-state index in [1.54, 1.807) is 23.3 Å². The van der Waals surface area contributed by atoms with E-state index in [0.717, 1.165) is 0 Å². The van der Waals surface area contributed by atoms with Crippen molar-refractivity contribution >= 4 is 17.3 Å². The van der Waals surface area contributed by atoms with E-state index in [9.17, 15) is 0 Å². The van der Waals surface area contributed by atoms with Gasteiger partial charge in [0.2, 0.25) is 0 Å². The van der Waals surface area contributed by atoms with Crippen molar-refractivity contribution in [1.82, 2.24) is 9.55 Å². The minimum Gasteiger partial charge on any atom is -0.376 e. The van der Waals surface area contributed by atoms with Gasteiger partial charge in [-0.15, -0.1) is 0 Å². The Bertz CT molecular complexity index is 179. The lowest BCUT2D eigenvalue weighted by Crippen LogP contribution is -2.16. The molecule has 0 fully saturated rings. The van der Waals surface area contributed by atoms with Crippen LogP contribution in [-0.2, 0) is 0 Å². The van der Waals surface area contributed by atoms with Crippen molar-refractivity contribution in [3.63, 3.8) is 0 Å². The molecule has 0 aromatic carbocycles. The first-order chi connectivity index (χ1) is 3.80. The van der Waals surface area contributed by atoms with Gasteiger partial charge in [-0.25, -0.2) is 4.98 Å². The normalized spacial score (nSPS) is 9.00. The minimum absolute atomic E-state index is 0.322. The highest BCUT2D eigenvalue weighted by Crippen LogP contribution is 1.80. The van der Waals surface area contributed by atoms with E-state index < -0.39 is 0 Å². The summed E-state index contributed by atoms with van der Waals surface area (Å²) in [6.07, 6.45) is 4.88. The lowest BCUT2D eigenvalue weighted by atomic mass is 10.9. The van der Waals surface area contributed by atoms with Gasteiger partial charge in [-0.05, 0) is 12.2 Å². The van der Waals surface area contributed by atoms with Crippen LogP contribution in [0.15, 0.2) is 18.7 Å². The van der Waals surface area contributed by atoms with E-state index in [4.69, 9.17) is 5.73 Å². The third-order valence-electron chi connectivity index (χ3n) is 0.759. The Morgan fingerprint density at radius 3 is 2.75 bits per heavy atom. The zero-order valence-electron chi connectivity index (χ0n) is 4.11. The quantitative estimate of drug-likeness (QED) is 0.498. The molecule has 0 aliphatic rings. The number of hydrogen-bond donors (Lipinski definition) is 1. The third kappa shape index (κ3) is 0.840. The fourth-order valence-electron chi connectivity index (χ4n) is 0.389. The van der Waals surface area contributed by atoms with Gasteiger partial charge in [-0.3, -0.25) is 4.57 Å². The number of imidazole rings is 1. The van der Waals surface area contributed by atoms with Gasteiger partial charge in [0.05, 0.1) is 0 Å². The van der Waals surface area contributed by atoms with E-state index in [0.29, 0.717) is 5.11 Å². The lowest BCUT2D eigenvalue weighted by Gasteiger charge is -1.91. The molecule has 1 rings (SSSR count). The van der Waals surface area contributed by atoms with E-state index in [-0.39, 0.29) is 0 Å². The predicted molar refractivity (Wildman–Crippen MR) is 34.4 cm³/mol. The molecule has 0 unspecified atom stereocenters. The fourth-order valence-corrected chi connectivity index (χ4v) is 0.497. The maximum Gasteiger partial charge on any atom is 0.175 e. The standard InChI is InChI=1S/C4H5N3S/c5-4(8)7-2-1-6-3-7/h1-3H,(H2,5,8). The van der Waals surface area contributed by atoms with Gasteiger partial charge in [0.25, 0.3) is 0 Å². The SMILES string of the molecule is NC(=S)n1ccnc1. The van der Waals surface area contributed by atoms with Gasteiger partial charge in [0, 0.05) is 12.4 Å². The van der Waals surface area contributed by atoms with Crippen molar-refractivity contribution in [2.45, 2.75) is 0 Å². The van der Waals surface area contributed by atoms with Crippen LogP contribution in [0.4, 0.5) is 0 Å². The molecular weight excluding hydrogens is 122 g/mol. The molecule has 1 heterocycles. The average Bonchev–Trinajstić information content (AvgIpc) is 2.12. The summed E-state index contributed by atoms with van der Waals surface area (Å²) in [4.78, 5) is 3.74. The van der Waals surface area contributed by atoms with Gasteiger partial charge in [-0.1, -0.05) is 0 Å². The Morgan fingerprint density at radius 2 is 2.50 bits per heavy atom. The summed E-state index contributed by atoms with van der Waals surface area (Å²) < 4.78 is 1.56. The van der Waals surface area contributed by atoms with Crippen LogP contribution in [0.1, 0.15) is 0 Å². The summed E-state index contributed by atoms with van der Waals surface area (Å²) in [5, 5.41) is 0.322. The molecule has 0 saturated heterocycles. The molecule has 1 aromatic rings. The molecule has 1 aromatic heterocycles. The highest BCUT2D eigenvalue weighted by molar-refractivity contribution is 7.80. The van der Waals surface area contributed by atoms with Crippen LogP contribution in [0, 0.1) is 0 Å². The number of aromatic nitrogens is 2. The van der Waals surface area contributed by atoms with Crippen molar-refractivity contribution < 1.29 is 0 Å². The molecule has 42 valence electrons. The van der Waals surface area contributed by atoms with Crippen LogP contribution in [0.25, 0.3) is 0 Å². The van der Waals surface area contributed by atoms with E-state index in [2.05, 4.69) is 17.2 Å². The van der Waals surface area contributed by atoms with Crippen LogP contribution < -0.4 is 5.73 Å². The smallest absolute Gasteiger partial charge is 0.175 e. The predicted octanol–water partition coefficient (Wildman–Crippen LogP) is -0.0252. The molecule has 4 heteroatoms. The molecule has 0 spiro atoms. The number of rotatable bonds is 0.